The number of nitrogens with two attached hydrogens (primary N) is 1. The van der Waals surface area contributed by atoms with Crippen molar-refractivity contribution in [2.45, 2.75) is 12.8 Å². The van der Waals surface area contributed by atoms with E-state index in [0.717, 1.165) is 10.9 Å². The van der Waals surface area contributed by atoms with Crippen LogP contribution in [0.1, 0.15) is 23.2 Å². The fourth-order valence-corrected chi connectivity index (χ4v) is 3.60. The number of primary amides is 1. The van der Waals surface area contributed by atoms with E-state index < -0.39 is 5.95 Å². The summed E-state index contributed by atoms with van der Waals surface area (Å²) in [6.45, 7) is 0.992. The van der Waals surface area contributed by atoms with Crippen molar-refractivity contribution < 1.29 is 14.0 Å². The molecule has 2 aromatic heterocycles. The van der Waals surface area contributed by atoms with Crippen molar-refractivity contribution in [2.24, 2.45) is 11.7 Å². The highest BCUT2D eigenvalue weighted by Crippen LogP contribution is 2.29. The summed E-state index contributed by atoms with van der Waals surface area (Å²) in [5, 5.41) is 0.734. The van der Waals surface area contributed by atoms with E-state index in [1.165, 1.54) is 6.20 Å². The molecule has 138 valence electrons. The Morgan fingerprint density at radius 1 is 1.22 bits per heavy atom. The fourth-order valence-electron chi connectivity index (χ4n) is 3.60. The Morgan fingerprint density at radius 2 is 2.00 bits per heavy atom. The largest absolute Gasteiger partial charge is 0.369 e. The molecule has 3 N–H and O–H groups in total. The van der Waals surface area contributed by atoms with E-state index in [2.05, 4.69) is 9.97 Å². The average molecular weight is 366 g/mol. The molecule has 0 bridgehead atoms. The quantitative estimate of drug-likeness (QED) is 0.698. The molecule has 1 aromatic carbocycles. The molecule has 2 amide bonds. The first-order valence-corrected chi connectivity index (χ1v) is 8.85. The number of H-pyrrole nitrogens is 1. The first-order chi connectivity index (χ1) is 13.0. The SMILES string of the molecule is NC(=O)C1CCN(C(=O)c2c[nH]c3ccc(-c4cccnc4F)cc23)CC1. The summed E-state index contributed by atoms with van der Waals surface area (Å²) in [7, 11) is 0. The molecule has 0 spiro atoms. The number of carbonyl (C=O) groups excluding carboxylic acids is 2. The molecule has 6 nitrogen and oxygen atoms in total. The zero-order valence-electron chi connectivity index (χ0n) is 14.6. The predicted molar refractivity (Wildman–Crippen MR) is 99.3 cm³/mol. The molecule has 0 saturated carbocycles. The minimum atomic E-state index is -0.547. The van der Waals surface area contributed by atoms with Gasteiger partial charge in [0.1, 0.15) is 0 Å². The van der Waals surface area contributed by atoms with Gasteiger partial charge in [0.15, 0.2) is 0 Å². The monoisotopic (exact) mass is 366 g/mol. The summed E-state index contributed by atoms with van der Waals surface area (Å²) < 4.78 is 14.0. The van der Waals surface area contributed by atoms with Gasteiger partial charge in [-0.3, -0.25) is 9.59 Å². The number of pyridine rings is 1. The first kappa shape index (κ1) is 17.2. The van der Waals surface area contributed by atoms with E-state index in [1.807, 2.05) is 6.07 Å². The van der Waals surface area contributed by atoms with Crippen LogP contribution in [0.15, 0.2) is 42.7 Å². The maximum atomic E-state index is 14.0. The zero-order chi connectivity index (χ0) is 19.0. The van der Waals surface area contributed by atoms with Gasteiger partial charge in [-0.05, 0) is 42.7 Å². The van der Waals surface area contributed by atoms with Crippen LogP contribution in [0.3, 0.4) is 0 Å². The van der Waals surface area contributed by atoms with Crippen molar-refractivity contribution in [3.8, 4) is 11.1 Å². The number of rotatable bonds is 3. The molecule has 1 fully saturated rings. The van der Waals surface area contributed by atoms with E-state index in [-0.39, 0.29) is 17.7 Å². The van der Waals surface area contributed by atoms with Crippen LogP contribution in [0.2, 0.25) is 0 Å². The van der Waals surface area contributed by atoms with Gasteiger partial charge in [0, 0.05) is 47.9 Å². The number of aromatic nitrogens is 2. The zero-order valence-corrected chi connectivity index (χ0v) is 14.6. The Hall–Kier alpha value is -3.22. The molecule has 27 heavy (non-hydrogen) atoms. The highest BCUT2D eigenvalue weighted by Gasteiger charge is 2.27. The molecule has 3 aromatic rings. The number of carbonyl (C=O) groups is 2. The highest BCUT2D eigenvalue weighted by atomic mass is 19.1. The van der Waals surface area contributed by atoms with E-state index in [4.69, 9.17) is 5.73 Å². The van der Waals surface area contributed by atoms with Crippen molar-refractivity contribution in [3.63, 3.8) is 0 Å². The Balaban J connectivity index is 1.65. The minimum absolute atomic E-state index is 0.104. The maximum absolute atomic E-state index is 14.0. The standard InChI is InChI=1S/C20H19FN4O2/c21-18-14(2-1-7-23-18)13-3-4-17-15(10-13)16(11-24-17)20(27)25-8-5-12(6-9-25)19(22)26/h1-4,7,10-12,24H,5-6,8-9H2,(H2,22,26). The van der Waals surface area contributed by atoms with Crippen LogP contribution in [0.5, 0.6) is 0 Å². The van der Waals surface area contributed by atoms with Crippen molar-refractivity contribution in [1.29, 1.82) is 0 Å². The second-order valence-electron chi connectivity index (χ2n) is 6.77. The summed E-state index contributed by atoms with van der Waals surface area (Å²) in [5.74, 6) is -1.13. The molecule has 1 aliphatic rings. The summed E-state index contributed by atoms with van der Waals surface area (Å²) in [6.07, 6.45) is 4.24. The Morgan fingerprint density at radius 3 is 2.70 bits per heavy atom. The topological polar surface area (TPSA) is 92.1 Å². The van der Waals surface area contributed by atoms with Gasteiger partial charge in [-0.1, -0.05) is 6.07 Å². The molecule has 0 atom stereocenters. The number of halogens is 1. The van der Waals surface area contributed by atoms with Gasteiger partial charge in [0.05, 0.1) is 5.56 Å². The minimum Gasteiger partial charge on any atom is -0.369 e. The highest BCUT2D eigenvalue weighted by molar-refractivity contribution is 6.07. The van der Waals surface area contributed by atoms with Gasteiger partial charge in [0.2, 0.25) is 11.9 Å². The van der Waals surface area contributed by atoms with Gasteiger partial charge in [0.25, 0.3) is 5.91 Å². The first-order valence-electron chi connectivity index (χ1n) is 8.85. The number of benzene rings is 1. The lowest BCUT2D eigenvalue weighted by atomic mass is 9.95. The third-order valence-electron chi connectivity index (χ3n) is 5.17. The number of hydrogen-bond donors (Lipinski definition) is 2. The lowest BCUT2D eigenvalue weighted by Gasteiger charge is -2.30. The van der Waals surface area contributed by atoms with E-state index >= 15 is 0 Å². The van der Waals surface area contributed by atoms with Crippen LogP contribution < -0.4 is 5.73 Å². The molecule has 1 saturated heterocycles. The van der Waals surface area contributed by atoms with Crippen LogP contribution in [-0.2, 0) is 4.79 Å². The molecule has 1 aliphatic heterocycles. The van der Waals surface area contributed by atoms with E-state index in [1.54, 1.807) is 35.4 Å². The molecule has 4 rings (SSSR count). The normalized spacial score (nSPS) is 15.2. The van der Waals surface area contributed by atoms with Crippen molar-refractivity contribution in [3.05, 3.63) is 54.2 Å². The summed E-state index contributed by atoms with van der Waals surface area (Å²) >= 11 is 0. The van der Waals surface area contributed by atoms with Crippen LogP contribution in [0.4, 0.5) is 4.39 Å². The maximum Gasteiger partial charge on any atom is 0.256 e. The third kappa shape index (κ3) is 3.16. The average Bonchev–Trinajstić information content (AvgIpc) is 3.11. The smallest absolute Gasteiger partial charge is 0.256 e. The van der Waals surface area contributed by atoms with E-state index in [9.17, 15) is 14.0 Å². The second-order valence-corrected chi connectivity index (χ2v) is 6.77. The van der Waals surface area contributed by atoms with Gasteiger partial charge < -0.3 is 15.6 Å². The molecule has 0 unspecified atom stereocenters. The van der Waals surface area contributed by atoms with Gasteiger partial charge in [-0.25, -0.2) is 4.98 Å². The number of nitrogens with zero attached hydrogens (tertiary/aromatic N) is 2. The summed E-state index contributed by atoms with van der Waals surface area (Å²) in [6, 6.07) is 8.76. The number of piperidine rings is 1. The Labute approximate surface area is 155 Å². The predicted octanol–water partition coefficient (Wildman–Crippen LogP) is 2.71. The Bertz CT molecular complexity index is 1020. The lowest BCUT2D eigenvalue weighted by Crippen LogP contribution is -2.41. The summed E-state index contributed by atoms with van der Waals surface area (Å²) in [5.41, 5.74) is 7.75. The molecule has 7 heteroatoms. The van der Waals surface area contributed by atoms with Crippen LogP contribution >= 0.6 is 0 Å². The number of fused-ring (bicyclic) bond motifs is 1. The number of hydrogen-bond acceptors (Lipinski definition) is 3. The number of amides is 2. The molecule has 3 heterocycles. The lowest BCUT2D eigenvalue weighted by molar-refractivity contribution is -0.123. The molecular formula is C20H19FN4O2. The van der Waals surface area contributed by atoms with Gasteiger partial charge in [-0.2, -0.15) is 4.39 Å². The summed E-state index contributed by atoms with van der Waals surface area (Å²) in [4.78, 5) is 32.8. The number of aromatic amines is 1. The fraction of sp³-hybridized carbons (Fsp3) is 0.250. The number of likely N-dealkylation sites (tertiary alicyclic amines) is 1. The number of nitrogens with one attached hydrogen (secondary N) is 1. The van der Waals surface area contributed by atoms with Crippen LogP contribution in [0, 0.1) is 11.9 Å². The Kier molecular flexibility index (Phi) is 4.35. The van der Waals surface area contributed by atoms with Crippen molar-refractivity contribution >= 4 is 22.7 Å². The van der Waals surface area contributed by atoms with Crippen molar-refractivity contribution in [1.82, 2.24) is 14.9 Å². The third-order valence-corrected chi connectivity index (χ3v) is 5.17. The molecule has 0 radical (unpaired) electrons. The van der Waals surface area contributed by atoms with Gasteiger partial charge >= 0.3 is 0 Å². The van der Waals surface area contributed by atoms with Crippen molar-refractivity contribution in [2.75, 3.05) is 13.1 Å². The second kappa shape index (κ2) is 6.83. The van der Waals surface area contributed by atoms with Gasteiger partial charge in [-0.15, -0.1) is 0 Å². The van der Waals surface area contributed by atoms with E-state index in [0.29, 0.717) is 42.6 Å². The molecule has 0 aliphatic carbocycles. The van der Waals surface area contributed by atoms with Crippen LogP contribution in [-0.4, -0.2) is 39.8 Å². The van der Waals surface area contributed by atoms with Crippen LogP contribution in [0.25, 0.3) is 22.0 Å². The molecular weight excluding hydrogens is 347 g/mol.